The van der Waals surface area contributed by atoms with Crippen LogP contribution < -0.4 is 0 Å². The van der Waals surface area contributed by atoms with Gasteiger partial charge in [-0.05, 0) is 12.1 Å². The second-order valence-electron chi connectivity index (χ2n) is 2.75. The summed E-state index contributed by atoms with van der Waals surface area (Å²) in [5, 5.41) is 0. The summed E-state index contributed by atoms with van der Waals surface area (Å²) in [5.74, 6) is -1.00. The first-order valence-electron chi connectivity index (χ1n) is 4.21. The fraction of sp³-hybridized carbons (Fsp3) is 0.300. The Kier molecular flexibility index (Phi) is 3.17. The Labute approximate surface area is 80.5 Å². The zero-order valence-corrected chi connectivity index (χ0v) is 7.67. The lowest BCUT2D eigenvalue weighted by molar-refractivity contribution is -0.201. The fourth-order valence-electron chi connectivity index (χ4n) is 0.841. The van der Waals surface area contributed by atoms with E-state index in [1.807, 2.05) is 0 Å². The number of carbonyl (C=O) groups is 1. The van der Waals surface area contributed by atoms with Crippen LogP contribution in [0.5, 0.6) is 0 Å². The second kappa shape index (κ2) is 4.17. The SMILES string of the molecule is CCC(F)(F)OC(=O)c1ccccc1. The van der Waals surface area contributed by atoms with Crippen LogP contribution in [0.4, 0.5) is 8.78 Å². The van der Waals surface area contributed by atoms with Crippen LogP contribution in [0.25, 0.3) is 0 Å². The number of esters is 1. The van der Waals surface area contributed by atoms with Gasteiger partial charge in [0, 0.05) is 6.42 Å². The Bertz CT molecular complexity index is 309. The standard InChI is InChI=1S/C10H10F2O2/c1-2-10(11,12)14-9(13)8-6-4-3-5-7-8/h3-7H,2H2,1H3. The maximum Gasteiger partial charge on any atom is 0.399 e. The summed E-state index contributed by atoms with van der Waals surface area (Å²) in [6.45, 7) is 1.25. The lowest BCUT2D eigenvalue weighted by atomic mass is 10.2. The molecule has 0 amide bonds. The van der Waals surface area contributed by atoms with Crippen LogP contribution in [-0.4, -0.2) is 12.1 Å². The lowest BCUT2D eigenvalue weighted by Gasteiger charge is -2.14. The molecule has 0 bridgehead atoms. The van der Waals surface area contributed by atoms with E-state index in [4.69, 9.17) is 0 Å². The van der Waals surface area contributed by atoms with Gasteiger partial charge >= 0.3 is 12.1 Å². The third kappa shape index (κ3) is 2.80. The predicted molar refractivity (Wildman–Crippen MR) is 47.1 cm³/mol. The number of hydrogen-bond donors (Lipinski definition) is 0. The fourth-order valence-corrected chi connectivity index (χ4v) is 0.841. The Balaban J connectivity index is 2.69. The van der Waals surface area contributed by atoms with E-state index in [1.165, 1.54) is 19.1 Å². The summed E-state index contributed by atoms with van der Waals surface area (Å²) in [4.78, 5) is 11.1. The molecule has 0 N–H and O–H groups in total. The molecular weight excluding hydrogens is 190 g/mol. The molecule has 0 aliphatic carbocycles. The smallest absolute Gasteiger partial charge is 0.397 e. The summed E-state index contributed by atoms with van der Waals surface area (Å²) in [7, 11) is 0. The van der Waals surface area contributed by atoms with Crippen LogP contribution in [0, 0.1) is 0 Å². The van der Waals surface area contributed by atoms with Gasteiger partial charge in [0.25, 0.3) is 0 Å². The average molecular weight is 200 g/mol. The van der Waals surface area contributed by atoms with Crippen LogP contribution >= 0.6 is 0 Å². The predicted octanol–water partition coefficient (Wildman–Crippen LogP) is 2.85. The maximum absolute atomic E-state index is 12.6. The summed E-state index contributed by atoms with van der Waals surface area (Å²) in [5.41, 5.74) is 0.126. The molecule has 0 saturated heterocycles. The van der Waals surface area contributed by atoms with Gasteiger partial charge in [-0.1, -0.05) is 25.1 Å². The minimum atomic E-state index is -3.38. The Morgan fingerprint density at radius 1 is 1.36 bits per heavy atom. The van der Waals surface area contributed by atoms with Crippen LogP contribution in [0.15, 0.2) is 30.3 Å². The molecule has 0 aliphatic rings. The number of benzene rings is 1. The van der Waals surface area contributed by atoms with E-state index in [0.29, 0.717) is 0 Å². The Morgan fingerprint density at radius 3 is 2.43 bits per heavy atom. The Morgan fingerprint density at radius 2 is 1.93 bits per heavy atom. The molecule has 0 saturated carbocycles. The van der Waals surface area contributed by atoms with Crippen molar-refractivity contribution >= 4 is 5.97 Å². The molecule has 2 nitrogen and oxygen atoms in total. The third-order valence-corrected chi connectivity index (χ3v) is 1.66. The minimum Gasteiger partial charge on any atom is -0.397 e. The number of carbonyl (C=O) groups excluding carboxylic acids is 1. The van der Waals surface area contributed by atoms with E-state index in [2.05, 4.69) is 4.74 Å². The molecule has 0 heterocycles. The van der Waals surface area contributed by atoms with Gasteiger partial charge in [-0.15, -0.1) is 0 Å². The molecule has 1 aromatic rings. The number of hydrogen-bond acceptors (Lipinski definition) is 2. The molecule has 1 aromatic carbocycles. The van der Waals surface area contributed by atoms with Crippen LogP contribution in [0.2, 0.25) is 0 Å². The molecule has 0 radical (unpaired) electrons. The highest BCUT2D eigenvalue weighted by atomic mass is 19.3. The first-order valence-corrected chi connectivity index (χ1v) is 4.21. The van der Waals surface area contributed by atoms with E-state index in [9.17, 15) is 13.6 Å². The topological polar surface area (TPSA) is 26.3 Å². The lowest BCUT2D eigenvalue weighted by Crippen LogP contribution is -2.23. The summed E-state index contributed by atoms with van der Waals surface area (Å²) in [6, 6.07) is 7.71. The first kappa shape index (κ1) is 10.6. The van der Waals surface area contributed by atoms with Crippen LogP contribution in [0.1, 0.15) is 23.7 Å². The highest BCUT2D eigenvalue weighted by Gasteiger charge is 2.31. The first-order chi connectivity index (χ1) is 6.55. The molecule has 4 heteroatoms. The summed E-state index contributed by atoms with van der Waals surface area (Å²) < 4.78 is 29.3. The molecule has 0 atom stereocenters. The molecule has 76 valence electrons. The second-order valence-corrected chi connectivity index (χ2v) is 2.75. The molecule has 0 fully saturated rings. The zero-order chi connectivity index (χ0) is 10.6. The zero-order valence-electron chi connectivity index (χ0n) is 7.67. The number of ether oxygens (including phenoxy) is 1. The van der Waals surface area contributed by atoms with Crippen molar-refractivity contribution < 1.29 is 18.3 Å². The summed E-state index contributed by atoms with van der Waals surface area (Å²) in [6.07, 6.45) is -3.90. The number of alkyl halides is 2. The largest absolute Gasteiger partial charge is 0.399 e. The molecule has 0 aliphatic heterocycles. The van der Waals surface area contributed by atoms with E-state index in [0.717, 1.165) is 0 Å². The summed E-state index contributed by atoms with van der Waals surface area (Å²) >= 11 is 0. The molecule has 0 aromatic heterocycles. The highest BCUT2D eigenvalue weighted by molar-refractivity contribution is 5.89. The van der Waals surface area contributed by atoms with Crippen molar-refractivity contribution in [2.75, 3.05) is 0 Å². The van der Waals surface area contributed by atoms with Crippen molar-refractivity contribution in [2.24, 2.45) is 0 Å². The van der Waals surface area contributed by atoms with Gasteiger partial charge in [0.15, 0.2) is 0 Å². The average Bonchev–Trinajstić information content (AvgIpc) is 2.19. The maximum atomic E-state index is 12.6. The van der Waals surface area contributed by atoms with Crippen molar-refractivity contribution in [1.29, 1.82) is 0 Å². The van der Waals surface area contributed by atoms with Gasteiger partial charge in [-0.3, -0.25) is 0 Å². The molecule has 1 rings (SSSR count). The van der Waals surface area contributed by atoms with Crippen LogP contribution in [0.3, 0.4) is 0 Å². The quantitative estimate of drug-likeness (QED) is 0.701. The molecule has 0 unspecified atom stereocenters. The van der Waals surface area contributed by atoms with Crippen molar-refractivity contribution in [3.05, 3.63) is 35.9 Å². The van der Waals surface area contributed by atoms with Gasteiger partial charge < -0.3 is 4.74 Å². The van der Waals surface area contributed by atoms with Crippen molar-refractivity contribution in [1.82, 2.24) is 0 Å². The Hall–Kier alpha value is -1.45. The van der Waals surface area contributed by atoms with Crippen molar-refractivity contribution in [2.45, 2.75) is 19.5 Å². The molecule has 0 spiro atoms. The van der Waals surface area contributed by atoms with Gasteiger partial charge in [-0.2, -0.15) is 8.78 Å². The van der Waals surface area contributed by atoms with Crippen LogP contribution in [-0.2, 0) is 4.74 Å². The monoisotopic (exact) mass is 200 g/mol. The highest BCUT2D eigenvalue weighted by Crippen LogP contribution is 2.21. The van der Waals surface area contributed by atoms with E-state index in [-0.39, 0.29) is 5.56 Å². The van der Waals surface area contributed by atoms with Gasteiger partial charge in [0.2, 0.25) is 0 Å². The van der Waals surface area contributed by atoms with Crippen molar-refractivity contribution in [3.63, 3.8) is 0 Å². The van der Waals surface area contributed by atoms with E-state index >= 15 is 0 Å². The number of halogens is 2. The third-order valence-electron chi connectivity index (χ3n) is 1.66. The normalized spacial score (nSPS) is 11.1. The minimum absolute atomic E-state index is 0.126. The van der Waals surface area contributed by atoms with E-state index < -0.39 is 18.5 Å². The molecule has 14 heavy (non-hydrogen) atoms. The molecular formula is C10H10F2O2. The van der Waals surface area contributed by atoms with E-state index in [1.54, 1.807) is 18.2 Å². The van der Waals surface area contributed by atoms with Gasteiger partial charge in [0.1, 0.15) is 0 Å². The van der Waals surface area contributed by atoms with Crippen molar-refractivity contribution in [3.8, 4) is 0 Å². The number of rotatable bonds is 3. The van der Waals surface area contributed by atoms with Gasteiger partial charge in [-0.25, -0.2) is 4.79 Å². The van der Waals surface area contributed by atoms with Gasteiger partial charge in [0.05, 0.1) is 5.56 Å².